The summed E-state index contributed by atoms with van der Waals surface area (Å²) in [6, 6.07) is 7.51. The Bertz CT molecular complexity index is 1060. The van der Waals surface area contributed by atoms with Gasteiger partial charge in [0.05, 0.1) is 10.2 Å². The third kappa shape index (κ3) is 2.69. The first kappa shape index (κ1) is 15.8. The average Bonchev–Trinajstić information content (AvgIpc) is 3.10. The SMILES string of the molecule is Cc1cc(O)c(-c2ccc(OCCN)nc2)c2c1ncc1sccc12. The van der Waals surface area contributed by atoms with Gasteiger partial charge in [0.2, 0.25) is 5.88 Å². The number of ether oxygens (including phenoxy) is 1. The Morgan fingerprint density at radius 2 is 2.08 bits per heavy atom. The van der Waals surface area contributed by atoms with Crippen molar-refractivity contribution >= 4 is 32.3 Å². The highest BCUT2D eigenvalue weighted by molar-refractivity contribution is 7.17. The van der Waals surface area contributed by atoms with Gasteiger partial charge in [0.1, 0.15) is 12.4 Å². The van der Waals surface area contributed by atoms with Crippen LogP contribution in [0.3, 0.4) is 0 Å². The fraction of sp³-hybridized carbons (Fsp3) is 0.158. The highest BCUT2D eigenvalue weighted by atomic mass is 32.1. The molecule has 25 heavy (non-hydrogen) atoms. The van der Waals surface area contributed by atoms with E-state index in [1.54, 1.807) is 29.7 Å². The largest absolute Gasteiger partial charge is 0.507 e. The van der Waals surface area contributed by atoms with Crippen molar-refractivity contribution < 1.29 is 9.84 Å². The number of pyridine rings is 2. The normalized spacial score (nSPS) is 11.3. The summed E-state index contributed by atoms with van der Waals surface area (Å²) in [5.74, 6) is 0.742. The van der Waals surface area contributed by atoms with Gasteiger partial charge < -0.3 is 15.6 Å². The van der Waals surface area contributed by atoms with Crippen LogP contribution in [0.2, 0.25) is 0 Å². The molecule has 0 unspecified atom stereocenters. The standard InChI is InChI=1S/C19H17N3O2S/c1-11-8-14(23)17(12-2-3-16(21-9-12)24-6-5-20)18-13-4-7-25-15(13)10-22-19(11)18/h2-4,7-10,23H,5-6,20H2,1H3. The summed E-state index contributed by atoms with van der Waals surface area (Å²) >= 11 is 1.64. The number of nitrogens with two attached hydrogens (primary N) is 1. The van der Waals surface area contributed by atoms with E-state index in [0.717, 1.165) is 37.7 Å². The Morgan fingerprint density at radius 3 is 2.84 bits per heavy atom. The zero-order valence-electron chi connectivity index (χ0n) is 13.7. The summed E-state index contributed by atoms with van der Waals surface area (Å²) in [4.78, 5) is 8.93. The molecule has 0 spiro atoms. The van der Waals surface area contributed by atoms with Crippen LogP contribution in [0, 0.1) is 6.92 Å². The van der Waals surface area contributed by atoms with Gasteiger partial charge in [-0.1, -0.05) is 0 Å². The highest BCUT2D eigenvalue weighted by Crippen LogP contribution is 2.41. The maximum absolute atomic E-state index is 10.7. The third-order valence-electron chi connectivity index (χ3n) is 4.14. The number of thiophene rings is 1. The van der Waals surface area contributed by atoms with Crippen LogP contribution in [0.4, 0.5) is 0 Å². The Hall–Kier alpha value is -2.70. The van der Waals surface area contributed by atoms with E-state index in [-0.39, 0.29) is 5.75 Å². The van der Waals surface area contributed by atoms with Crippen molar-refractivity contribution in [2.24, 2.45) is 5.73 Å². The number of nitrogens with zero attached hydrogens (tertiary/aromatic N) is 2. The van der Waals surface area contributed by atoms with Gasteiger partial charge in [-0.05, 0) is 36.1 Å². The third-order valence-corrected chi connectivity index (χ3v) is 4.99. The van der Waals surface area contributed by atoms with E-state index in [1.807, 2.05) is 24.6 Å². The molecule has 1 aromatic carbocycles. The topological polar surface area (TPSA) is 81.3 Å². The van der Waals surface area contributed by atoms with E-state index in [4.69, 9.17) is 10.5 Å². The van der Waals surface area contributed by atoms with Gasteiger partial charge in [-0.3, -0.25) is 4.98 Å². The van der Waals surface area contributed by atoms with Crippen molar-refractivity contribution in [1.82, 2.24) is 9.97 Å². The second-order valence-corrected chi connectivity index (χ2v) is 6.74. The first-order valence-electron chi connectivity index (χ1n) is 7.97. The highest BCUT2D eigenvalue weighted by Gasteiger charge is 2.16. The lowest BCUT2D eigenvalue weighted by atomic mass is 9.96. The Labute approximate surface area is 148 Å². The molecule has 0 aliphatic rings. The van der Waals surface area contributed by atoms with Crippen molar-refractivity contribution in [2.75, 3.05) is 13.2 Å². The van der Waals surface area contributed by atoms with Crippen molar-refractivity contribution in [3.63, 3.8) is 0 Å². The summed E-state index contributed by atoms with van der Waals surface area (Å²) in [5, 5.41) is 14.7. The lowest BCUT2D eigenvalue weighted by Crippen LogP contribution is -2.11. The van der Waals surface area contributed by atoms with Crippen LogP contribution in [0.5, 0.6) is 11.6 Å². The molecule has 3 heterocycles. The van der Waals surface area contributed by atoms with E-state index < -0.39 is 0 Å². The molecule has 0 radical (unpaired) electrons. The summed E-state index contributed by atoms with van der Waals surface area (Å²) in [5.41, 5.74) is 8.85. The van der Waals surface area contributed by atoms with Crippen LogP contribution in [-0.2, 0) is 0 Å². The van der Waals surface area contributed by atoms with E-state index in [1.165, 1.54) is 0 Å². The molecule has 0 atom stereocenters. The molecule has 0 bridgehead atoms. The Balaban J connectivity index is 1.96. The lowest BCUT2D eigenvalue weighted by Gasteiger charge is -2.13. The quantitative estimate of drug-likeness (QED) is 0.583. The summed E-state index contributed by atoms with van der Waals surface area (Å²) in [6.45, 7) is 2.82. The molecular formula is C19H17N3O2S. The maximum Gasteiger partial charge on any atom is 0.213 e. The van der Waals surface area contributed by atoms with Gasteiger partial charge in [-0.25, -0.2) is 4.98 Å². The number of hydrogen-bond acceptors (Lipinski definition) is 6. The molecule has 3 N–H and O–H groups in total. The minimum absolute atomic E-state index is 0.225. The Morgan fingerprint density at radius 1 is 1.20 bits per heavy atom. The summed E-state index contributed by atoms with van der Waals surface area (Å²) in [7, 11) is 0. The number of rotatable bonds is 4. The molecule has 0 amide bonds. The second-order valence-electron chi connectivity index (χ2n) is 5.79. The number of hydrogen-bond donors (Lipinski definition) is 2. The predicted molar refractivity (Wildman–Crippen MR) is 101 cm³/mol. The number of fused-ring (bicyclic) bond motifs is 3. The summed E-state index contributed by atoms with van der Waals surface area (Å²) in [6.07, 6.45) is 3.60. The molecule has 4 rings (SSSR count). The fourth-order valence-corrected chi connectivity index (χ4v) is 3.80. The van der Waals surface area contributed by atoms with Gasteiger partial charge in [-0.2, -0.15) is 0 Å². The number of aromatic hydroxyl groups is 1. The molecule has 0 aliphatic carbocycles. The minimum Gasteiger partial charge on any atom is -0.507 e. The van der Waals surface area contributed by atoms with Crippen molar-refractivity contribution in [3.05, 3.63) is 47.6 Å². The number of aromatic nitrogens is 2. The first-order valence-corrected chi connectivity index (χ1v) is 8.85. The Kier molecular flexibility index (Phi) is 3.99. The van der Waals surface area contributed by atoms with Gasteiger partial charge in [0.15, 0.2) is 0 Å². The molecule has 126 valence electrons. The number of phenolic OH excluding ortho intramolecular Hbond substituents is 1. The molecule has 0 fully saturated rings. The first-order chi connectivity index (χ1) is 12.2. The molecule has 3 aromatic heterocycles. The average molecular weight is 351 g/mol. The fourth-order valence-electron chi connectivity index (χ4n) is 3.04. The van der Waals surface area contributed by atoms with Gasteiger partial charge >= 0.3 is 0 Å². The zero-order valence-corrected chi connectivity index (χ0v) is 14.5. The summed E-state index contributed by atoms with van der Waals surface area (Å²) < 4.78 is 6.52. The monoisotopic (exact) mass is 351 g/mol. The number of aryl methyl sites for hydroxylation is 1. The molecule has 0 saturated carbocycles. The second kappa shape index (κ2) is 6.31. The smallest absolute Gasteiger partial charge is 0.213 e. The van der Waals surface area contributed by atoms with Gasteiger partial charge in [0.25, 0.3) is 0 Å². The van der Waals surface area contributed by atoms with Crippen LogP contribution in [0.25, 0.3) is 32.1 Å². The van der Waals surface area contributed by atoms with Gasteiger partial charge in [0, 0.05) is 46.9 Å². The van der Waals surface area contributed by atoms with Crippen LogP contribution in [-0.4, -0.2) is 28.2 Å². The van der Waals surface area contributed by atoms with E-state index >= 15 is 0 Å². The molecule has 0 aliphatic heterocycles. The van der Waals surface area contributed by atoms with E-state index in [2.05, 4.69) is 16.0 Å². The van der Waals surface area contributed by atoms with Crippen LogP contribution >= 0.6 is 11.3 Å². The van der Waals surface area contributed by atoms with Crippen molar-refractivity contribution in [1.29, 1.82) is 0 Å². The van der Waals surface area contributed by atoms with E-state index in [9.17, 15) is 5.11 Å². The van der Waals surface area contributed by atoms with Gasteiger partial charge in [-0.15, -0.1) is 11.3 Å². The van der Waals surface area contributed by atoms with Crippen LogP contribution in [0.15, 0.2) is 42.0 Å². The molecule has 0 saturated heterocycles. The zero-order chi connectivity index (χ0) is 17.4. The molecule has 6 heteroatoms. The van der Waals surface area contributed by atoms with Crippen LogP contribution in [0.1, 0.15) is 5.56 Å². The molecule has 5 nitrogen and oxygen atoms in total. The molecule has 4 aromatic rings. The van der Waals surface area contributed by atoms with Crippen LogP contribution < -0.4 is 10.5 Å². The number of phenols is 1. The number of benzene rings is 1. The lowest BCUT2D eigenvalue weighted by molar-refractivity contribution is 0.316. The predicted octanol–water partition coefficient (Wildman–Crippen LogP) is 3.86. The van der Waals surface area contributed by atoms with Crippen molar-refractivity contribution in [3.8, 4) is 22.8 Å². The minimum atomic E-state index is 0.225. The maximum atomic E-state index is 10.7. The van der Waals surface area contributed by atoms with E-state index in [0.29, 0.717) is 19.0 Å². The van der Waals surface area contributed by atoms with Crippen molar-refractivity contribution in [2.45, 2.75) is 6.92 Å². The molecular weight excluding hydrogens is 334 g/mol.